The van der Waals surface area contributed by atoms with Crippen LogP contribution in [0.4, 0.5) is 13.2 Å². The zero-order valence-corrected chi connectivity index (χ0v) is 14.3. The van der Waals surface area contributed by atoms with E-state index < -0.39 is 29.2 Å². The topological polar surface area (TPSA) is 60.8 Å². The number of carboxylic acids is 1. The standard InChI is InChI=1S/C19H22F3NO3/c20-19(21,22)15-4-2-13(3-5-15)16(24)12-23-10-6-14(7-11-23)18(17(25)26)8-1-9-18/h2-6,16,24H,1,7-12H2,(H,25,26)/t16-/m0/s1. The molecule has 1 aliphatic carbocycles. The average molecular weight is 369 g/mol. The second-order valence-electron chi connectivity index (χ2n) is 7.12. The SMILES string of the molecule is O=C(O)C1(C2=CCN(C[C@H](O)c3ccc(C(F)(F)F)cc3)CC2)CCC1. The first-order valence-electron chi connectivity index (χ1n) is 8.73. The summed E-state index contributed by atoms with van der Waals surface area (Å²) in [6.07, 6.45) is -0.393. The number of β-amino-alcohol motifs (C(OH)–C–C–N with tert-alkyl or cyclic N) is 1. The Morgan fingerprint density at radius 1 is 1.23 bits per heavy atom. The van der Waals surface area contributed by atoms with E-state index in [1.165, 1.54) is 12.1 Å². The Morgan fingerprint density at radius 3 is 2.31 bits per heavy atom. The van der Waals surface area contributed by atoms with Gasteiger partial charge in [0.1, 0.15) is 0 Å². The Balaban J connectivity index is 1.60. The first kappa shape index (κ1) is 18.9. The number of carboxylic acid groups (broad SMARTS) is 1. The van der Waals surface area contributed by atoms with Crippen molar-refractivity contribution in [2.24, 2.45) is 5.41 Å². The molecule has 0 unspecified atom stereocenters. The summed E-state index contributed by atoms with van der Waals surface area (Å²) in [5.41, 5.74) is -0.0261. The number of rotatable bonds is 5. The van der Waals surface area contributed by atoms with Crippen molar-refractivity contribution in [3.63, 3.8) is 0 Å². The summed E-state index contributed by atoms with van der Waals surface area (Å²) in [4.78, 5) is 13.6. The molecule has 1 fully saturated rings. The lowest BCUT2D eigenvalue weighted by Gasteiger charge is -2.42. The lowest BCUT2D eigenvalue weighted by atomic mass is 9.62. The third kappa shape index (κ3) is 3.64. The molecule has 4 nitrogen and oxygen atoms in total. The summed E-state index contributed by atoms with van der Waals surface area (Å²) in [5.74, 6) is -0.756. The largest absolute Gasteiger partial charge is 0.481 e. The molecule has 1 heterocycles. The van der Waals surface area contributed by atoms with Crippen LogP contribution in [0.1, 0.15) is 42.9 Å². The molecule has 0 aromatic heterocycles. The van der Waals surface area contributed by atoms with Crippen LogP contribution in [0.5, 0.6) is 0 Å². The van der Waals surface area contributed by atoms with E-state index >= 15 is 0 Å². The highest BCUT2D eigenvalue weighted by Crippen LogP contribution is 2.49. The van der Waals surface area contributed by atoms with Gasteiger partial charge < -0.3 is 10.2 Å². The van der Waals surface area contributed by atoms with Gasteiger partial charge in [-0.25, -0.2) is 0 Å². The van der Waals surface area contributed by atoms with Crippen LogP contribution in [0.15, 0.2) is 35.9 Å². The fourth-order valence-corrected chi connectivity index (χ4v) is 3.76. The van der Waals surface area contributed by atoms with Gasteiger partial charge in [-0.1, -0.05) is 30.2 Å². The van der Waals surface area contributed by atoms with E-state index in [-0.39, 0.29) is 0 Å². The van der Waals surface area contributed by atoms with E-state index in [2.05, 4.69) is 0 Å². The molecule has 1 aromatic carbocycles. The molecule has 1 atom stereocenters. The highest BCUT2D eigenvalue weighted by Gasteiger charge is 2.47. The zero-order valence-electron chi connectivity index (χ0n) is 14.3. The van der Waals surface area contributed by atoms with Crippen molar-refractivity contribution in [1.82, 2.24) is 4.90 Å². The van der Waals surface area contributed by atoms with E-state index in [4.69, 9.17) is 0 Å². The monoisotopic (exact) mass is 369 g/mol. The van der Waals surface area contributed by atoms with Gasteiger partial charge in [0.2, 0.25) is 0 Å². The molecule has 142 valence electrons. The Labute approximate surface area is 149 Å². The smallest absolute Gasteiger partial charge is 0.416 e. The Hall–Kier alpha value is -1.86. The van der Waals surface area contributed by atoms with Crippen LogP contribution in [0, 0.1) is 5.41 Å². The molecule has 0 radical (unpaired) electrons. The number of hydrogen-bond acceptors (Lipinski definition) is 3. The molecule has 2 N–H and O–H groups in total. The predicted octanol–water partition coefficient (Wildman–Crippen LogP) is 3.63. The number of aliphatic carboxylic acids is 1. The number of hydrogen-bond donors (Lipinski definition) is 2. The van der Waals surface area contributed by atoms with Crippen LogP contribution in [0.3, 0.4) is 0 Å². The van der Waals surface area contributed by atoms with Crippen molar-refractivity contribution < 1.29 is 28.2 Å². The van der Waals surface area contributed by atoms with Crippen molar-refractivity contribution >= 4 is 5.97 Å². The second kappa shape index (κ2) is 7.04. The molecule has 0 spiro atoms. The van der Waals surface area contributed by atoms with Gasteiger partial charge in [-0.05, 0) is 37.0 Å². The van der Waals surface area contributed by atoms with Gasteiger partial charge in [-0.3, -0.25) is 9.69 Å². The predicted molar refractivity (Wildman–Crippen MR) is 89.5 cm³/mol. The normalized spacial score (nSPS) is 21.6. The molecule has 26 heavy (non-hydrogen) atoms. The first-order valence-corrected chi connectivity index (χ1v) is 8.73. The molecule has 2 aliphatic rings. The lowest BCUT2D eigenvalue weighted by Crippen LogP contribution is -2.43. The van der Waals surface area contributed by atoms with Crippen LogP contribution in [-0.4, -0.2) is 40.7 Å². The third-order valence-electron chi connectivity index (χ3n) is 5.58. The lowest BCUT2D eigenvalue weighted by molar-refractivity contribution is -0.151. The van der Waals surface area contributed by atoms with Gasteiger partial charge in [0.05, 0.1) is 17.1 Å². The second-order valence-corrected chi connectivity index (χ2v) is 7.12. The Morgan fingerprint density at radius 2 is 1.88 bits per heavy atom. The highest BCUT2D eigenvalue weighted by atomic mass is 19.4. The summed E-state index contributed by atoms with van der Waals surface area (Å²) in [5, 5.41) is 19.8. The van der Waals surface area contributed by atoms with Crippen molar-refractivity contribution in [3.8, 4) is 0 Å². The molecule has 0 bridgehead atoms. The number of aliphatic hydroxyl groups is 1. The average Bonchev–Trinajstić information content (AvgIpc) is 2.54. The van der Waals surface area contributed by atoms with Crippen LogP contribution in [0.2, 0.25) is 0 Å². The number of halogens is 3. The third-order valence-corrected chi connectivity index (χ3v) is 5.58. The molecular formula is C19H22F3NO3. The van der Waals surface area contributed by atoms with Crippen LogP contribution in [-0.2, 0) is 11.0 Å². The van der Waals surface area contributed by atoms with Gasteiger partial charge in [-0.15, -0.1) is 0 Å². The minimum absolute atomic E-state index is 0.301. The summed E-state index contributed by atoms with van der Waals surface area (Å²) >= 11 is 0. The maximum absolute atomic E-state index is 12.6. The summed E-state index contributed by atoms with van der Waals surface area (Å²) in [6.45, 7) is 1.48. The van der Waals surface area contributed by atoms with Gasteiger partial charge in [-0.2, -0.15) is 13.2 Å². The van der Waals surface area contributed by atoms with E-state index in [0.29, 0.717) is 44.5 Å². The molecule has 1 saturated carbocycles. The van der Waals surface area contributed by atoms with Gasteiger partial charge >= 0.3 is 12.1 Å². The number of benzene rings is 1. The van der Waals surface area contributed by atoms with E-state index in [1.54, 1.807) is 0 Å². The first-order chi connectivity index (χ1) is 12.2. The highest BCUT2D eigenvalue weighted by molar-refractivity contribution is 5.79. The number of aliphatic hydroxyl groups excluding tert-OH is 1. The summed E-state index contributed by atoms with van der Waals surface area (Å²) in [7, 11) is 0. The van der Waals surface area contributed by atoms with Crippen LogP contribution >= 0.6 is 0 Å². The number of nitrogens with zero attached hydrogens (tertiary/aromatic N) is 1. The van der Waals surface area contributed by atoms with E-state index in [1.807, 2.05) is 11.0 Å². The fraction of sp³-hybridized carbons (Fsp3) is 0.526. The maximum Gasteiger partial charge on any atom is 0.416 e. The minimum Gasteiger partial charge on any atom is -0.481 e. The summed E-state index contributed by atoms with van der Waals surface area (Å²) < 4.78 is 37.8. The molecule has 3 rings (SSSR count). The molecule has 1 aromatic rings. The minimum atomic E-state index is -4.39. The molecule has 7 heteroatoms. The maximum atomic E-state index is 12.6. The number of alkyl halides is 3. The Kier molecular flexibility index (Phi) is 5.12. The van der Waals surface area contributed by atoms with E-state index in [9.17, 15) is 28.2 Å². The number of carbonyl (C=O) groups is 1. The molecular weight excluding hydrogens is 347 g/mol. The Bertz CT molecular complexity index is 693. The van der Waals surface area contributed by atoms with Crippen LogP contribution in [0.25, 0.3) is 0 Å². The van der Waals surface area contributed by atoms with Crippen LogP contribution < -0.4 is 0 Å². The zero-order chi connectivity index (χ0) is 18.9. The van der Waals surface area contributed by atoms with Crippen molar-refractivity contribution in [3.05, 3.63) is 47.0 Å². The van der Waals surface area contributed by atoms with Gasteiger partial charge in [0.15, 0.2) is 0 Å². The fourth-order valence-electron chi connectivity index (χ4n) is 3.76. The molecule has 0 amide bonds. The summed E-state index contributed by atoms with van der Waals surface area (Å²) in [6, 6.07) is 4.54. The van der Waals surface area contributed by atoms with Crippen molar-refractivity contribution in [2.75, 3.05) is 19.6 Å². The molecule has 1 aliphatic heterocycles. The quantitative estimate of drug-likeness (QED) is 0.779. The van der Waals surface area contributed by atoms with Crippen molar-refractivity contribution in [2.45, 2.75) is 38.0 Å². The van der Waals surface area contributed by atoms with E-state index in [0.717, 1.165) is 24.1 Å². The van der Waals surface area contributed by atoms with Crippen molar-refractivity contribution in [1.29, 1.82) is 0 Å². The molecule has 0 saturated heterocycles. The van der Waals surface area contributed by atoms with Gasteiger partial charge in [0.25, 0.3) is 0 Å². The van der Waals surface area contributed by atoms with Gasteiger partial charge in [0, 0.05) is 19.6 Å².